The van der Waals surface area contributed by atoms with E-state index in [9.17, 15) is 0 Å². The number of unbranched alkanes of at least 4 members (excludes halogenated alkanes) is 3. The second-order valence-corrected chi connectivity index (χ2v) is 5.62. The van der Waals surface area contributed by atoms with Gasteiger partial charge in [0.1, 0.15) is 0 Å². The molecular formula is C18H22ClN. The van der Waals surface area contributed by atoms with Crippen LogP contribution in [-0.2, 0) is 0 Å². The van der Waals surface area contributed by atoms with Crippen LogP contribution in [0.3, 0.4) is 0 Å². The highest BCUT2D eigenvalue weighted by molar-refractivity contribution is 6.31. The van der Waals surface area contributed by atoms with Gasteiger partial charge in [-0.25, -0.2) is 0 Å². The van der Waals surface area contributed by atoms with Gasteiger partial charge in [0.15, 0.2) is 0 Å². The number of rotatable bonds is 7. The Balaban J connectivity index is 2.19. The van der Waals surface area contributed by atoms with Crippen LogP contribution in [0, 0.1) is 0 Å². The van der Waals surface area contributed by atoms with E-state index in [0.717, 1.165) is 11.4 Å². The summed E-state index contributed by atoms with van der Waals surface area (Å²) in [5.41, 5.74) is 2.48. The van der Waals surface area contributed by atoms with Crippen molar-refractivity contribution < 1.29 is 0 Å². The minimum atomic E-state index is 0.356. The highest BCUT2D eigenvalue weighted by Crippen LogP contribution is 2.33. The van der Waals surface area contributed by atoms with Crippen LogP contribution >= 0.6 is 11.6 Å². The lowest BCUT2D eigenvalue weighted by molar-refractivity contribution is 0.595. The van der Waals surface area contributed by atoms with Crippen LogP contribution in [-0.4, -0.2) is 4.98 Å². The Morgan fingerprint density at radius 2 is 1.90 bits per heavy atom. The average molecular weight is 288 g/mol. The minimum Gasteiger partial charge on any atom is -0.264 e. The Hall–Kier alpha value is -1.34. The van der Waals surface area contributed by atoms with E-state index in [4.69, 9.17) is 11.6 Å². The summed E-state index contributed by atoms with van der Waals surface area (Å²) in [6.07, 6.45) is 10.0. The van der Waals surface area contributed by atoms with E-state index in [0.29, 0.717) is 5.92 Å². The van der Waals surface area contributed by atoms with Crippen LogP contribution in [0.2, 0.25) is 5.02 Å². The molecule has 0 fully saturated rings. The van der Waals surface area contributed by atoms with Crippen LogP contribution < -0.4 is 0 Å². The van der Waals surface area contributed by atoms with E-state index >= 15 is 0 Å². The van der Waals surface area contributed by atoms with Gasteiger partial charge in [0.25, 0.3) is 0 Å². The van der Waals surface area contributed by atoms with Gasteiger partial charge < -0.3 is 0 Å². The molecule has 0 amide bonds. The molecule has 0 saturated heterocycles. The smallest absolute Gasteiger partial charge is 0.0444 e. The van der Waals surface area contributed by atoms with E-state index in [2.05, 4.69) is 30.1 Å². The first kappa shape index (κ1) is 15.1. The summed E-state index contributed by atoms with van der Waals surface area (Å²) in [4.78, 5) is 4.26. The summed E-state index contributed by atoms with van der Waals surface area (Å²) in [7, 11) is 0. The number of benzene rings is 1. The molecule has 0 aliphatic carbocycles. The Bertz CT molecular complexity index is 510. The Morgan fingerprint density at radius 1 is 1.05 bits per heavy atom. The lowest BCUT2D eigenvalue weighted by Gasteiger charge is -2.19. The highest BCUT2D eigenvalue weighted by atomic mass is 35.5. The van der Waals surface area contributed by atoms with Crippen molar-refractivity contribution in [3.8, 4) is 0 Å². The Labute approximate surface area is 127 Å². The zero-order valence-electron chi connectivity index (χ0n) is 12.1. The summed E-state index contributed by atoms with van der Waals surface area (Å²) in [5, 5.41) is 0.858. The van der Waals surface area contributed by atoms with Gasteiger partial charge in [-0.2, -0.15) is 0 Å². The van der Waals surface area contributed by atoms with Crippen molar-refractivity contribution in [3.63, 3.8) is 0 Å². The van der Waals surface area contributed by atoms with Gasteiger partial charge in [-0.05, 0) is 29.7 Å². The molecule has 2 rings (SSSR count). The van der Waals surface area contributed by atoms with Crippen molar-refractivity contribution in [2.45, 2.75) is 44.9 Å². The van der Waals surface area contributed by atoms with Crippen LogP contribution in [0.15, 0.2) is 48.8 Å². The summed E-state index contributed by atoms with van der Waals surface area (Å²) < 4.78 is 0. The standard InChI is InChI=1S/C18H22ClN/c1-2-3-4-5-10-16(15-9-8-13-20-14-15)17-11-6-7-12-18(17)19/h6-9,11-14,16H,2-5,10H2,1H3. The maximum atomic E-state index is 6.39. The molecule has 0 saturated carbocycles. The first-order chi connectivity index (χ1) is 9.83. The monoisotopic (exact) mass is 287 g/mol. The number of halogens is 1. The van der Waals surface area contributed by atoms with Gasteiger partial charge >= 0.3 is 0 Å². The quantitative estimate of drug-likeness (QED) is 0.583. The van der Waals surface area contributed by atoms with Crippen molar-refractivity contribution >= 4 is 11.6 Å². The average Bonchev–Trinajstić information content (AvgIpc) is 2.49. The Morgan fingerprint density at radius 3 is 2.60 bits per heavy atom. The summed E-state index contributed by atoms with van der Waals surface area (Å²) in [6, 6.07) is 12.3. The van der Waals surface area contributed by atoms with E-state index in [1.165, 1.54) is 36.8 Å². The van der Waals surface area contributed by atoms with Crippen LogP contribution in [0.1, 0.15) is 56.1 Å². The normalized spacial score (nSPS) is 12.3. The van der Waals surface area contributed by atoms with Crippen LogP contribution in [0.25, 0.3) is 0 Å². The molecule has 0 N–H and O–H groups in total. The van der Waals surface area contributed by atoms with Crippen LogP contribution in [0.5, 0.6) is 0 Å². The van der Waals surface area contributed by atoms with E-state index in [1.807, 2.05) is 30.6 Å². The summed E-state index contributed by atoms with van der Waals surface area (Å²) >= 11 is 6.39. The third-order valence-electron chi connectivity index (χ3n) is 3.71. The largest absolute Gasteiger partial charge is 0.264 e. The predicted octanol–water partition coefficient (Wildman–Crippen LogP) is 5.84. The molecule has 0 aliphatic heterocycles. The molecule has 2 aromatic rings. The second kappa shape index (κ2) is 8.06. The predicted molar refractivity (Wildman–Crippen MR) is 86.3 cm³/mol. The maximum absolute atomic E-state index is 6.39. The fourth-order valence-electron chi connectivity index (χ4n) is 2.62. The number of hydrogen-bond acceptors (Lipinski definition) is 1. The van der Waals surface area contributed by atoms with Crippen molar-refractivity contribution in [1.82, 2.24) is 4.98 Å². The lowest BCUT2D eigenvalue weighted by Crippen LogP contribution is -2.02. The molecule has 1 atom stereocenters. The first-order valence-corrected chi connectivity index (χ1v) is 7.85. The molecule has 1 nitrogen and oxygen atoms in total. The fraction of sp³-hybridized carbons (Fsp3) is 0.389. The highest BCUT2D eigenvalue weighted by Gasteiger charge is 2.16. The van der Waals surface area contributed by atoms with Crippen molar-refractivity contribution in [2.24, 2.45) is 0 Å². The second-order valence-electron chi connectivity index (χ2n) is 5.21. The fourth-order valence-corrected chi connectivity index (χ4v) is 2.88. The summed E-state index contributed by atoms with van der Waals surface area (Å²) in [6.45, 7) is 2.24. The van der Waals surface area contributed by atoms with Gasteiger partial charge in [-0.15, -0.1) is 0 Å². The van der Waals surface area contributed by atoms with Crippen molar-refractivity contribution in [1.29, 1.82) is 0 Å². The third kappa shape index (κ3) is 4.08. The van der Waals surface area contributed by atoms with Crippen LogP contribution in [0.4, 0.5) is 0 Å². The zero-order chi connectivity index (χ0) is 14.2. The molecule has 1 unspecified atom stereocenters. The molecule has 0 spiro atoms. The van der Waals surface area contributed by atoms with Gasteiger partial charge in [0.05, 0.1) is 0 Å². The number of pyridine rings is 1. The van der Waals surface area contributed by atoms with E-state index < -0.39 is 0 Å². The Kier molecular flexibility index (Phi) is 6.07. The topological polar surface area (TPSA) is 12.9 Å². The number of hydrogen-bond donors (Lipinski definition) is 0. The van der Waals surface area contributed by atoms with Gasteiger partial charge in [0.2, 0.25) is 0 Å². The summed E-state index contributed by atoms with van der Waals surface area (Å²) in [5.74, 6) is 0.356. The van der Waals surface area contributed by atoms with E-state index in [1.54, 1.807) is 0 Å². The number of nitrogens with zero attached hydrogens (tertiary/aromatic N) is 1. The van der Waals surface area contributed by atoms with E-state index in [-0.39, 0.29) is 0 Å². The molecule has 1 aromatic heterocycles. The number of aromatic nitrogens is 1. The maximum Gasteiger partial charge on any atom is 0.0444 e. The zero-order valence-corrected chi connectivity index (χ0v) is 12.8. The minimum absolute atomic E-state index is 0.356. The molecule has 0 radical (unpaired) electrons. The van der Waals surface area contributed by atoms with Gasteiger partial charge in [0, 0.05) is 23.3 Å². The third-order valence-corrected chi connectivity index (χ3v) is 4.06. The first-order valence-electron chi connectivity index (χ1n) is 7.47. The molecule has 20 heavy (non-hydrogen) atoms. The molecule has 0 aliphatic rings. The molecular weight excluding hydrogens is 266 g/mol. The van der Waals surface area contributed by atoms with Gasteiger partial charge in [-0.1, -0.05) is 68.5 Å². The SMILES string of the molecule is CCCCCCC(c1cccnc1)c1ccccc1Cl. The van der Waals surface area contributed by atoms with Crippen molar-refractivity contribution in [3.05, 3.63) is 64.9 Å². The molecule has 1 aromatic carbocycles. The van der Waals surface area contributed by atoms with Gasteiger partial charge in [-0.3, -0.25) is 4.98 Å². The molecule has 0 bridgehead atoms. The van der Waals surface area contributed by atoms with Crippen molar-refractivity contribution in [2.75, 3.05) is 0 Å². The molecule has 106 valence electrons. The lowest BCUT2D eigenvalue weighted by atomic mass is 9.87. The molecule has 1 heterocycles. The molecule has 2 heteroatoms.